The van der Waals surface area contributed by atoms with Crippen LogP contribution in [-0.4, -0.2) is 11.5 Å². The van der Waals surface area contributed by atoms with Crippen molar-refractivity contribution >= 4 is 11.5 Å². The average Bonchev–Trinajstić information content (AvgIpc) is 2.44. The summed E-state index contributed by atoms with van der Waals surface area (Å²) in [6.45, 7) is 1.12. The molecule has 0 aliphatic heterocycles. The van der Waals surface area contributed by atoms with E-state index in [1.807, 2.05) is 12.3 Å². The van der Waals surface area contributed by atoms with E-state index in [1.54, 1.807) is 0 Å². The third-order valence-electron chi connectivity index (χ3n) is 5.74. The van der Waals surface area contributed by atoms with Gasteiger partial charge in [-0.2, -0.15) is 0 Å². The smallest absolute Gasteiger partial charge is 0.140 e. The van der Waals surface area contributed by atoms with E-state index in [0.29, 0.717) is 11.2 Å². The van der Waals surface area contributed by atoms with E-state index in [9.17, 15) is 0 Å². The quantitative estimate of drug-likeness (QED) is 0.582. The van der Waals surface area contributed by atoms with Crippen molar-refractivity contribution in [1.82, 2.24) is 4.98 Å². The standard InChI is InChI=1S/C16H24N4/c17-20-15-2-1-14(9-18-15)19-10-16-6-11-3-12(7-16)5-13(4-11)8-16/h1-2,9,11-13,19H,3-8,10,17H2,(H,18,20). The number of hydrazine groups is 1. The molecule has 1 aromatic heterocycles. The van der Waals surface area contributed by atoms with Gasteiger partial charge in [-0.15, -0.1) is 0 Å². The number of anilines is 2. The van der Waals surface area contributed by atoms with Gasteiger partial charge in [-0.3, -0.25) is 0 Å². The molecule has 4 heteroatoms. The molecule has 4 saturated carbocycles. The summed E-state index contributed by atoms with van der Waals surface area (Å²) in [5.41, 5.74) is 4.25. The van der Waals surface area contributed by atoms with Crippen LogP contribution in [0.25, 0.3) is 0 Å². The lowest BCUT2D eigenvalue weighted by Crippen LogP contribution is -2.49. The van der Waals surface area contributed by atoms with Crippen molar-refractivity contribution in [3.63, 3.8) is 0 Å². The number of nitrogens with two attached hydrogens (primary N) is 1. The first-order chi connectivity index (χ1) is 9.75. The molecule has 5 rings (SSSR count). The molecular weight excluding hydrogens is 248 g/mol. The Balaban J connectivity index is 1.43. The van der Waals surface area contributed by atoms with E-state index in [-0.39, 0.29) is 0 Å². The lowest BCUT2D eigenvalue weighted by atomic mass is 9.49. The highest BCUT2D eigenvalue weighted by molar-refractivity contribution is 5.46. The van der Waals surface area contributed by atoms with Gasteiger partial charge in [0.1, 0.15) is 5.82 Å². The van der Waals surface area contributed by atoms with E-state index < -0.39 is 0 Å². The Morgan fingerprint density at radius 3 is 2.25 bits per heavy atom. The van der Waals surface area contributed by atoms with Crippen molar-refractivity contribution in [2.75, 3.05) is 17.3 Å². The van der Waals surface area contributed by atoms with Gasteiger partial charge in [0, 0.05) is 6.54 Å². The van der Waals surface area contributed by atoms with Gasteiger partial charge in [-0.1, -0.05) is 0 Å². The fraction of sp³-hybridized carbons (Fsp3) is 0.688. The SMILES string of the molecule is NNc1ccc(NCC23CC4CC(CC(C4)C2)C3)cn1. The molecule has 0 atom stereocenters. The van der Waals surface area contributed by atoms with E-state index >= 15 is 0 Å². The van der Waals surface area contributed by atoms with Crippen LogP contribution in [0.4, 0.5) is 11.5 Å². The highest BCUT2D eigenvalue weighted by atomic mass is 15.2. The maximum absolute atomic E-state index is 5.34. The zero-order chi connectivity index (χ0) is 13.6. The summed E-state index contributed by atoms with van der Waals surface area (Å²) in [5.74, 6) is 9.11. The highest BCUT2D eigenvalue weighted by Gasteiger charge is 2.50. The molecule has 1 heterocycles. The third-order valence-corrected chi connectivity index (χ3v) is 5.74. The molecule has 0 spiro atoms. The highest BCUT2D eigenvalue weighted by Crippen LogP contribution is 2.59. The van der Waals surface area contributed by atoms with Crippen LogP contribution < -0.4 is 16.6 Å². The second-order valence-corrected chi connectivity index (χ2v) is 7.35. The number of pyridine rings is 1. The number of aromatic nitrogens is 1. The van der Waals surface area contributed by atoms with Crippen LogP contribution in [0.1, 0.15) is 38.5 Å². The third kappa shape index (κ3) is 2.16. The maximum Gasteiger partial charge on any atom is 0.140 e. The van der Waals surface area contributed by atoms with Crippen LogP contribution in [0.15, 0.2) is 18.3 Å². The predicted octanol–water partition coefficient (Wildman–Crippen LogP) is 3.00. The summed E-state index contributed by atoms with van der Waals surface area (Å²) in [4.78, 5) is 4.26. The molecule has 4 N–H and O–H groups in total. The summed E-state index contributed by atoms with van der Waals surface area (Å²) in [7, 11) is 0. The molecular formula is C16H24N4. The van der Waals surface area contributed by atoms with Crippen LogP contribution in [0.3, 0.4) is 0 Å². The molecule has 4 nitrogen and oxygen atoms in total. The summed E-state index contributed by atoms with van der Waals surface area (Å²) in [6, 6.07) is 3.98. The molecule has 0 saturated heterocycles. The van der Waals surface area contributed by atoms with Crippen LogP contribution in [0, 0.1) is 23.2 Å². The molecule has 4 fully saturated rings. The van der Waals surface area contributed by atoms with Gasteiger partial charge in [-0.05, 0) is 73.8 Å². The number of nitrogen functional groups attached to an aromatic ring is 1. The first-order valence-corrected chi connectivity index (χ1v) is 7.91. The minimum Gasteiger partial charge on any atom is -0.383 e. The van der Waals surface area contributed by atoms with Gasteiger partial charge < -0.3 is 10.7 Å². The number of nitrogens with zero attached hydrogens (tertiary/aromatic N) is 1. The molecule has 0 radical (unpaired) electrons. The largest absolute Gasteiger partial charge is 0.383 e. The number of nitrogens with one attached hydrogen (secondary N) is 2. The van der Waals surface area contributed by atoms with E-state index in [4.69, 9.17) is 5.84 Å². The number of rotatable bonds is 4. The molecule has 4 bridgehead atoms. The Morgan fingerprint density at radius 1 is 1.10 bits per heavy atom. The topological polar surface area (TPSA) is 63.0 Å². The summed E-state index contributed by atoms with van der Waals surface area (Å²) >= 11 is 0. The molecule has 0 aromatic carbocycles. The van der Waals surface area contributed by atoms with Crippen LogP contribution in [0.2, 0.25) is 0 Å². The Labute approximate surface area is 120 Å². The minimum atomic E-state index is 0.569. The summed E-state index contributed by atoms with van der Waals surface area (Å²) in [5, 5.41) is 3.62. The van der Waals surface area contributed by atoms with Crippen molar-refractivity contribution in [3.8, 4) is 0 Å². The maximum atomic E-state index is 5.34. The molecule has 108 valence electrons. The zero-order valence-electron chi connectivity index (χ0n) is 11.9. The monoisotopic (exact) mass is 272 g/mol. The van der Waals surface area contributed by atoms with Gasteiger partial charge in [0.2, 0.25) is 0 Å². The van der Waals surface area contributed by atoms with E-state index in [0.717, 1.165) is 30.0 Å². The number of hydrogen-bond acceptors (Lipinski definition) is 4. The van der Waals surface area contributed by atoms with E-state index in [2.05, 4.69) is 21.8 Å². The Morgan fingerprint density at radius 2 is 1.75 bits per heavy atom. The zero-order valence-corrected chi connectivity index (χ0v) is 11.9. The van der Waals surface area contributed by atoms with Gasteiger partial charge in [-0.25, -0.2) is 10.8 Å². The first-order valence-electron chi connectivity index (χ1n) is 7.91. The fourth-order valence-corrected chi connectivity index (χ4v) is 5.38. The van der Waals surface area contributed by atoms with Crippen molar-refractivity contribution in [2.45, 2.75) is 38.5 Å². The summed E-state index contributed by atoms with van der Waals surface area (Å²) in [6.07, 6.45) is 10.7. The Bertz CT molecular complexity index is 446. The van der Waals surface area contributed by atoms with Crippen molar-refractivity contribution in [2.24, 2.45) is 29.0 Å². The van der Waals surface area contributed by atoms with Gasteiger partial charge in [0.25, 0.3) is 0 Å². The Hall–Kier alpha value is -1.29. The van der Waals surface area contributed by atoms with Crippen LogP contribution in [-0.2, 0) is 0 Å². The lowest BCUT2D eigenvalue weighted by Gasteiger charge is -2.57. The summed E-state index contributed by atoms with van der Waals surface area (Å²) < 4.78 is 0. The first kappa shape index (κ1) is 12.5. The van der Waals surface area contributed by atoms with Crippen molar-refractivity contribution in [1.29, 1.82) is 0 Å². The fourth-order valence-electron chi connectivity index (χ4n) is 5.38. The molecule has 4 aliphatic carbocycles. The number of hydrogen-bond donors (Lipinski definition) is 3. The Kier molecular flexibility index (Phi) is 2.88. The van der Waals surface area contributed by atoms with Crippen LogP contribution >= 0.6 is 0 Å². The van der Waals surface area contributed by atoms with Crippen molar-refractivity contribution in [3.05, 3.63) is 18.3 Å². The lowest BCUT2D eigenvalue weighted by molar-refractivity contribution is -0.0444. The van der Waals surface area contributed by atoms with Gasteiger partial charge >= 0.3 is 0 Å². The predicted molar refractivity (Wildman–Crippen MR) is 81.1 cm³/mol. The molecule has 20 heavy (non-hydrogen) atoms. The molecule has 4 aliphatic rings. The second kappa shape index (κ2) is 4.62. The average molecular weight is 272 g/mol. The van der Waals surface area contributed by atoms with Crippen molar-refractivity contribution < 1.29 is 0 Å². The molecule has 0 amide bonds. The minimum absolute atomic E-state index is 0.569. The van der Waals surface area contributed by atoms with Crippen LogP contribution in [0.5, 0.6) is 0 Å². The molecule has 1 aromatic rings. The van der Waals surface area contributed by atoms with Gasteiger partial charge in [0.05, 0.1) is 11.9 Å². The van der Waals surface area contributed by atoms with E-state index in [1.165, 1.54) is 38.5 Å². The second-order valence-electron chi connectivity index (χ2n) is 7.35. The van der Waals surface area contributed by atoms with Gasteiger partial charge in [0.15, 0.2) is 0 Å². The normalized spacial score (nSPS) is 38.0. The molecule has 0 unspecified atom stereocenters.